The van der Waals surface area contributed by atoms with Crippen molar-refractivity contribution in [3.63, 3.8) is 0 Å². The third kappa shape index (κ3) is 3.00. The van der Waals surface area contributed by atoms with Crippen LogP contribution in [0.5, 0.6) is 0 Å². The summed E-state index contributed by atoms with van der Waals surface area (Å²) in [4.78, 5) is 41.6. The van der Waals surface area contributed by atoms with E-state index >= 15 is 0 Å². The molecule has 7 nitrogen and oxygen atoms in total. The molecule has 0 aromatic carbocycles. The Kier molecular flexibility index (Phi) is 4.16. The molecule has 9 heteroatoms. The van der Waals surface area contributed by atoms with Gasteiger partial charge in [-0.2, -0.15) is 0 Å². The lowest BCUT2D eigenvalue weighted by atomic mass is 10.4. The van der Waals surface area contributed by atoms with Gasteiger partial charge in [0, 0.05) is 13.1 Å². The number of hydrogen-bond donors (Lipinski definition) is 2. The number of nitrogens with zero attached hydrogens (tertiary/aromatic N) is 2. The summed E-state index contributed by atoms with van der Waals surface area (Å²) in [7, 11) is 0. The molecular formula is C13H12N4O3S2. The largest absolute Gasteiger partial charge is 0.349 e. The van der Waals surface area contributed by atoms with E-state index in [2.05, 4.69) is 15.6 Å². The second-order valence-corrected chi connectivity index (χ2v) is 6.45. The molecule has 0 unspecified atom stereocenters. The topological polar surface area (TPSA) is 91.4 Å². The Morgan fingerprint density at radius 3 is 3.00 bits per heavy atom. The van der Waals surface area contributed by atoms with Crippen molar-refractivity contribution in [1.29, 1.82) is 0 Å². The molecular weight excluding hydrogens is 324 g/mol. The zero-order chi connectivity index (χ0) is 15.5. The summed E-state index contributed by atoms with van der Waals surface area (Å²) < 4.78 is 0. The Labute approximate surface area is 134 Å². The van der Waals surface area contributed by atoms with Gasteiger partial charge in [0.05, 0.1) is 17.6 Å². The van der Waals surface area contributed by atoms with E-state index in [-0.39, 0.29) is 31.4 Å². The van der Waals surface area contributed by atoms with Crippen molar-refractivity contribution in [2.45, 2.75) is 0 Å². The van der Waals surface area contributed by atoms with Gasteiger partial charge in [-0.25, -0.2) is 9.78 Å². The average molecular weight is 336 g/mol. The lowest BCUT2D eigenvalue weighted by Gasteiger charge is -2.12. The number of aromatic nitrogens is 1. The van der Waals surface area contributed by atoms with Gasteiger partial charge >= 0.3 is 6.03 Å². The van der Waals surface area contributed by atoms with Crippen molar-refractivity contribution in [3.8, 4) is 9.88 Å². The molecule has 0 bridgehead atoms. The van der Waals surface area contributed by atoms with Gasteiger partial charge in [-0.3, -0.25) is 14.5 Å². The molecule has 22 heavy (non-hydrogen) atoms. The van der Waals surface area contributed by atoms with Crippen LogP contribution in [0.2, 0.25) is 0 Å². The normalized spacial score (nSPS) is 14.3. The highest BCUT2D eigenvalue weighted by Gasteiger charge is 2.27. The molecule has 2 N–H and O–H groups in total. The minimum Gasteiger partial charge on any atom is -0.349 e. The quantitative estimate of drug-likeness (QED) is 0.802. The Morgan fingerprint density at radius 1 is 1.45 bits per heavy atom. The summed E-state index contributed by atoms with van der Waals surface area (Å²) in [6.45, 7) is 0.392. The Balaban J connectivity index is 1.54. The lowest BCUT2D eigenvalue weighted by Crippen LogP contribution is -2.38. The van der Waals surface area contributed by atoms with Crippen molar-refractivity contribution in [1.82, 2.24) is 20.5 Å². The highest BCUT2D eigenvalue weighted by Crippen LogP contribution is 2.28. The zero-order valence-corrected chi connectivity index (χ0v) is 13.0. The summed E-state index contributed by atoms with van der Waals surface area (Å²) in [5, 5.41) is 7.87. The number of amides is 4. The van der Waals surface area contributed by atoms with E-state index in [4.69, 9.17) is 0 Å². The lowest BCUT2D eigenvalue weighted by molar-refractivity contribution is -0.124. The van der Waals surface area contributed by atoms with Gasteiger partial charge in [-0.15, -0.1) is 22.7 Å². The molecule has 2 aromatic heterocycles. The van der Waals surface area contributed by atoms with E-state index in [0.717, 1.165) is 14.8 Å². The second-order valence-electron chi connectivity index (χ2n) is 4.47. The van der Waals surface area contributed by atoms with Gasteiger partial charge < -0.3 is 10.6 Å². The molecule has 3 heterocycles. The van der Waals surface area contributed by atoms with E-state index in [1.807, 2.05) is 17.5 Å². The molecule has 1 aliphatic rings. The summed E-state index contributed by atoms with van der Waals surface area (Å²) in [5.41, 5.74) is 0. The highest BCUT2D eigenvalue weighted by atomic mass is 32.1. The smallest absolute Gasteiger partial charge is 0.324 e. The van der Waals surface area contributed by atoms with E-state index in [1.54, 1.807) is 11.3 Å². The van der Waals surface area contributed by atoms with Crippen LogP contribution in [0, 0.1) is 0 Å². The van der Waals surface area contributed by atoms with E-state index < -0.39 is 6.03 Å². The molecule has 1 aliphatic heterocycles. The van der Waals surface area contributed by atoms with Gasteiger partial charge in [0.15, 0.2) is 0 Å². The monoisotopic (exact) mass is 336 g/mol. The van der Waals surface area contributed by atoms with Gasteiger partial charge in [0.2, 0.25) is 5.91 Å². The summed E-state index contributed by atoms with van der Waals surface area (Å²) in [6, 6.07) is 3.46. The maximum atomic E-state index is 12.0. The summed E-state index contributed by atoms with van der Waals surface area (Å²) in [6.07, 6.45) is 1.53. The Hall–Kier alpha value is -2.26. The van der Waals surface area contributed by atoms with Gasteiger partial charge in [0.1, 0.15) is 9.88 Å². The number of carbonyl (C=O) groups is 3. The van der Waals surface area contributed by atoms with Crippen LogP contribution < -0.4 is 10.6 Å². The van der Waals surface area contributed by atoms with Crippen LogP contribution in [-0.4, -0.2) is 47.4 Å². The predicted octanol–water partition coefficient (Wildman–Crippen LogP) is 1.15. The molecule has 3 rings (SSSR count). The fraction of sp³-hybridized carbons (Fsp3) is 0.231. The van der Waals surface area contributed by atoms with Gasteiger partial charge in [-0.1, -0.05) is 6.07 Å². The third-order valence-electron chi connectivity index (χ3n) is 3.02. The highest BCUT2D eigenvalue weighted by molar-refractivity contribution is 7.21. The van der Waals surface area contributed by atoms with E-state index in [0.29, 0.717) is 4.88 Å². The maximum absolute atomic E-state index is 12.0. The predicted molar refractivity (Wildman–Crippen MR) is 82.9 cm³/mol. The van der Waals surface area contributed by atoms with Crippen LogP contribution in [0.4, 0.5) is 4.79 Å². The van der Waals surface area contributed by atoms with Gasteiger partial charge in [0.25, 0.3) is 5.91 Å². The molecule has 0 saturated carbocycles. The molecule has 2 aromatic rings. The fourth-order valence-corrected chi connectivity index (χ4v) is 3.58. The van der Waals surface area contributed by atoms with Crippen molar-refractivity contribution < 1.29 is 14.4 Å². The standard InChI is InChI=1S/C13H12N4O3S2/c18-10-7-16-13(20)17(10)4-3-14-11(19)9-6-15-12(22-9)8-2-1-5-21-8/h1-2,5-6H,3-4,7H2,(H,14,19)(H,16,20). The van der Waals surface area contributed by atoms with Crippen LogP contribution in [0.15, 0.2) is 23.7 Å². The van der Waals surface area contributed by atoms with E-state index in [1.165, 1.54) is 17.5 Å². The van der Waals surface area contributed by atoms with Crippen LogP contribution in [0.3, 0.4) is 0 Å². The third-order valence-corrected chi connectivity index (χ3v) is 5.05. The molecule has 4 amide bonds. The van der Waals surface area contributed by atoms with Crippen molar-refractivity contribution in [2.75, 3.05) is 19.6 Å². The van der Waals surface area contributed by atoms with Crippen LogP contribution in [0.1, 0.15) is 9.67 Å². The molecule has 1 saturated heterocycles. The minimum atomic E-state index is -0.419. The number of thiazole rings is 1. The first-order valence-corrected chi connectivity index (χ1v) is 8.21. The van der Waals surface area contributed by atoms with Crippen molar-refractivity contribution >= 4 is 40.5 Å². The fourth-order valence-electron chi connectivity index (χ4n) is 1.94. The van der Waals surface area contributed by atoms with Crippen LogP contribution in [0.25, 0.3) is 9.88 Å². The number of urea groups is 1. The first kappa shape index (κ1) is 14.7. The molecule has 0 radical (unpaired) electrons. The first-order valence-electron chi connectivity index (χ1n) is 6.51. The first-order chi connectivity index (χ1) is 10.6. The van der Waals surface area contributed by atoms with Crippen molar-refractivity contribution in [2.24, 2.45) is 0 Å². The number of imide groups is 1. The summed E-state index contributed by atoms with van der Waals surface area (Å²) >= 11 is 2.87. The molecule has 0 atom stereocenters. The number of carbonyl (C=O) groups excluding carboxylic acids is 3. The zero-order valence-electron chi connectivity index (χ0n) is 11.4. The number of rotatable bonds is 5. The van der Waals surface area contributed by atoms with E-state index in [9.17, 15) is 14.4 Å². The van der Waals surface area contributed by atoms with Crippen LogP contribution >= 0.6 is 22.7 Å². The number of nitrogens with one attached hydrogen (secondary N) is 2. The second kappa shape index (κ2) is 6.24. The Morgan fingerprint density at radius 2 is 2.32 bits per heavy atom. The van der Waals surface area contributed by atoms with Gasteiger partial charge in [-0.05, 0) is 11.4 Å². The molecule has 1 fully saturated rings. The number of thiophene rings is 1. The van der Waals surface area contributed by atoms with Crippen molar-refractivity contribution in [3.05, 3.63) is 28.6 Å². The Bertz CT molecular complexity index is 695. The molecule has 114 valence electrons. The molecule has 0 aliphatic carbocycles. The molecule has 0 spiro atoms. The number of hydrogen-bond acceptors (Lipinski definition) is 6. The SMILES string of the molecule is O=C(NCCN1C(=O)CNC1=O)c1cnc(-c2cccs2)s1. The van der Waals surface area contributed by atoms with Crippen LogP contribution in [-0.2, 0) is 4.79 Å². The average Bonchev–Trinajstić information content (AvgIpc) is 3.22. The minimum absolute atomic E-state index is 0.0196. The summed E-state index contributed by atoms with van der Waals surface area (Å²) in [5.74, 6) is -0.538. The maximum Gasteiger partial charge on any atom is 0.324 e.